The van der Waals surface area contributed by atoms with Crippen LogP contribution >= 0.6 is 0 Å². The van der Waals surface area contributed by atoms with E-state index in [9.17, 15) is 5.11 Å². The molecule has 1 unspecified atom stereocenters. The first-order valence-electron chi connectivity index (χ1n) is 12.6. The normalized spacial score (nSPS) is 12.0. The zero-order valence-electron chi connectivity index (χ0n) is 20.1. The molecule has 0 amide bonds. The molecule has 1 aromatic heterocycles. The van der Waals surface area contributed by atoms with E-state index in [0.717, 1.165) is 56.4 Å². The fourth-order valence-corrected chi connectivity index (χ4v) is 3.54. The number of hydrogen-bond donors (Lipinski definition) is 1. The Morgan fingerprint density at radius 2 is 1.28 bits per heavy atom. The number of aliphatic hydroxyl groups excluding tert-OH is 1. The molecule has 0 aliphatic carbocycles. The van der Waals surface area contributed by atoms with Crippen LogP contribution in [0.1, 0.15) is 90.9 Å². The van der Waals surface area contributed by atoms with E-state index < -0.39 is 0 Å². The predicted molar refractivity (Wildman–Crippen MR) is 131 cm³/mol. The first-order chi connectivity index (χ1) is 15.7. The van der Waals surface area contributed by atoms with Crippen LogP contribution in [0, 0.1) is 0 Å². The van der Waals surface area contributed by atoms with Crippen LogP contribution in [-0.4, -0.2) is 34.4 Å². The van der Waals surface area contributed by atoms with Crippen molar-refractivity contribution in [2.24, 2.45) is 0 Å². The summed E-state index contributed by atoms with van der Waals surface area (Å²) in [5.74, 6) is 2.27. The number of aromatic nitrogens is 2. The maximum atomic E-state index is 9.56. The van der Waals surface area contributed by atoms with Crippen LogP contribution in [0.4, 0.5) is 0 Å². The second kappa shape index (κ2) is 16.5. The van der Waals surface area contributed by atoms with E-state index in [-0.39, 0.29) is 6.10 Å². The Labute approximate surface area is 194 Å². The van der Waals surface area contributed by atoms with Crippen LogP contribution in [0.25, 0.3) is 11.4 Å². The molecule has 32 heavy (non-hydrogen) atoms. The van der Waals surface area contributed by atoms with Gasteiger partial charge >= 0.3 is 0 Å². The van der Waals surface area contributed by atoms with Crippen molar-refractivity contribution in [3.63, 3.8) is 0 Å². The number of nitrogens with zero attached hydrogens (tertiary/aromatic N) is 2. The molecule has 0 aliphatic rings. The Kier molecular flexibility index (Phi) is 13.5. The van der Waals surface area contributed by atoms with Crippen LogP contribution in [0.5, 0.6) is 11.5 Å². The van der Waals surface area contributed by atoms with E-state index in [2.05, 4.69) is 16.9 Å². The number of hydrogen-bond acceptors (Lipinski definition) is 5. The lowest BCUT2D eigenvalue weighted by Crippen LogP contribution is -2.04. The SMILES string of the molecule is CCCCCCCCCOc1ccc(-c2ncc(OCCCCCC(O)CC)cn2)cc1. The fourth-order valence-electron chi connectivity index (χ4n) is 3.54. The van der Waals surface area contributed by atoms with Crippen molar-refractivity contribution >= 4 is 0 Å². The Hall–Kier alpha value is -2.14. The lowest BCUT2D eigenvalue weighted by atomic mass is 10.1. The monoisotopic (exact) mass is 442 g/mol. The third-order valence-corrected chi connectivity index (χ3v) is 5.68. The smallest absolute Gasteiger partial charge is 0.159 e. The molecule has 1 atom stereocenters. The van der Waals surface area contributed by atoms with Crippen molar-refractivity contribution in [1.29, 1.82) is 0 Å². The average molecular weight is 443 g/mol. The number of aliphatic hydroxyl groups is 1. The summed E-state index contributed by atoms with van der Waals surface area (Å²) >= 11 is 0. The molecular weight excluding hydrogens is 400 g/mol. The number of rotatable bonds is 18. The third-order valence-electron chi connectivity index (χ3n) is 5.68. The molecule has 2 rings (SSSR count). The minimum Gasteiger partial charge on any atom is -0.494 e. The maximum Gasteiger partial charge on any atom is 0.159 e. The van der Waals surface area contributed by atoms with Gasteiger partial charge < -0.3 is 14.6 Å². The highest BCUT2D eigenvalue weighted by atomic mass is 16.5. The van der Waals surface area contributed by atoms with Gasteiger partial charge in [0, 0.05) is 5.56 Å². The highest BCUT2D eigenvalue weighted by Crippen LogP contribution is 2.21. The van der Waals surface area contributed by atoms with E-state index in [4.69, 9.17) is 9.47 Å². The molecule has 1 N–H and O–H groups in total. The van der Waals surface area contributed by atoms with E-state index in [1.54, 1.807) is 12.4 Å². The van der Waals surface area contributed by atoms with Gasteiger partial charge in [0.15, 0.2) is 11.6 Å². The molecule has 5 nitrogen and oxygen atoms in total. The zero-order valence-corrected chi connectivity index (χ0v) is 20.1. The molecular formula is C27H42N2O3. The largest absolute Gasteiger partial charge is 0.494 e. The van der Waals surface area contributed by atoms with Crippen molar-refractivity contribution in [3.8, 4) is 22.9 Å². The number of ether oxygens (including phenoxy) is 2. The summed E-state index contributed by atoms with van der Waals surface area (Å²) in [6.07, 6.45) is 17.1. The van der Waals surface area contributed by atoms with Crippen LogP contribution in [0.15, 0.2) is 36.7 Å². The lowest BCUT2D eigenvalue weighted by molar-refractivity contribution is 0.155. The molecule has 0 saturated carbocycles. The van der Waals surface area contributed by atoms with Gasteiger partial charge in [-0.25, -0.2) is 9.97 Å². The number of benzene rings is 1. The van der Waals surface area contributed by atoms with Crippen molar-refractivity contribution in [1.82, 2.24) is 9.97 Å². The Morgan fingerprint density at radius 1 is 0.719 bits per heavy atom. The van der Waals surface area contributed by atoms with Gasteiger partial charge in [0.1, 0.15) is 5.75 Å². The summed E-state index contributed by atoms with van der Waals surface area (Å²) in [5.41, 5.74) is 0.967. The molecule has 178 valence electrons. The van der Waals surface area contributed by atoms with Gasteiger partial charge in [-0.05, 0) is 56.4 Å². The highest BCUT2D eigenvalue weighted by molar-refractivity contribution is 5.56. The molecule has 0 radical (unpaired) electrons. The molecule has 0 saturated heterocycles. The summed E-state index contributed by atoms with van der Waals surface area (Å²) in [6.45, 7) is 5.68. The topological polar surface area (TPSA) is 64.5 Å². The Bertz CT molecular complexity index is 704. The standard InChI is InChI=1S/C27H42N2O3/c1-3-5-6-7-8-9-12-19-31-25-17-15-23(16-18-25)27-28-21-26(22-29-27)32-20-13-10-11-14-24(30)4-2/h15-18,21-22,24,30H,3-14,19-20H2,1-2H3. The first kappa shape index (κ1) is 26.1. The molecule has 0 bridgehead atoms. The minimum absolute atomic E-state index is 0.164. The second-order valence-corrected chi connectivity index (χ2v) is 8.50. The van der Waals surface area contributed by atoms with Crippen LogP contribution < -0.4 is 9.47 Å². The quantitative estimate of drug-likeness (QED) is 0.252. The summed E-state index contributed by atoms with van der Waals surface area (Å²) in [7, 11) is 0. The summed E-state index contributed by atoms with van der Waals surface area (Å²) in [4.78, 5) is 8.87. The van der Waals surface area contributed by atoms with Crippen LogP contribution in [0.3, 0.4) is 0 Å². The van der Waals surface area contributed by atoms with Crippen molar-refractivity contribution in [2.75, 3.05) is 13.2 Å². The van der Waals surface area contributed by atoms with Crippen LogP contribution in [0.2, 0.25) is 0 Å². The second-order valence-electron chi connectivity index (χ2n) is 8.50. The van der Waals surface area contributed by atoms with Gasteiger partial charge in [-0.15, -0.1) is 0 Å². The van der Waals surface area contributed by atoms with Crippen molar-refractivity contribution in [2.45, 2.75) is 97.0 Å². The van der Waals surface area contributed by atoms with Gasteiger partial charge in [-0.1, -0.05) is 58.8 Å². The van der Waals surface area contributed by atoms with E-state index in [0.29, 0.717) is 18.2 Å². The van der Waals surface area contributed by atoms with Crippen molar-refractivity contribution < 1.29 is 14.6 Å². The summed E-state index contributed by atoms with van der Waals surface area (Å²) < 4.78 is 11.6. The van der Waals surface area contributed by atoms with Gasteiger partial charge in [0.05, 0.1) is 31.7 Å². The molecule has 0 fully saturated rings. The molecule has 2 aromatic rings. The molecule has 5 heteroatoms. The summed E-state index contributed by atoms with van der Waals surface area (Å²) in [5, 5.41) is 9.56. The van der Waals surface area contributed by atoms with E-state index >= 15 is 0 Å². The Balaban J connectivity index is 1.63. The molecule has 1 aromatic carbocycles. The predicted octanol–water partition coefficient (Wildman–Crippen LogP) is 6.98. The van der Waals surface area contributed by atoms with Gasteiger partial charge in [-0.3, -0.25) is 0 Å². The Morgan fingerprint density at radius 3 is 1.91 bits per heavy atom. The van der Waals surface area contributed by atoms with Crippen molar-refractivity contribution in [3.05, 3.63) is 36.7 Å². The molecule has 0 aliphatic heterocycles. The maximum absolute atomic E-state index is 9.56. The van der Waals surface area contributed by atoms with Crippen LogP contribution in [-0.2, 0) is 0 Å². The fraction of sp³-hybridized carbons (Fsp3) is 0.630. The van der Waals surface area contributed by atoms with E-state index in [1.807, 2.05) is 31.2 Å². The third kappa shape index (κ3) is 10.9. The first-order valence-corrected chi connectivity index (χ1v) is 12.6. The zero-order chi connectivity index (χ0) is 22.9. The van der Waals surface area contributed by atoms with Gasteiger partial charge in [-0.2, -0.15) is 0 Å². The number of unbranched alkanes of at least 4 members (excludes halogenated alkanes) is 8. The average Bonchev–Trinajstić information content (AvgIpc) is 2.83. The minimum atomic E-state index is -0.164. The van der Waals surface area contributed by atoms with Gasteiger partial charge in [0.2, 0.25) is 0 Å². The molecule has 0 spiro atoms. The molecule has 1 heterocycles. The lowest BCUT2D eigenvalue weighted by Gasteiger charge is -2.09. The summed E-state index contributed by atoms with van der Waals surface area (Å²) in [6, 6.07) is 7.97. The van der Waals surface area contributed by atoms with Gasteiger partial charge in [0.25, 0.3) is 0 Å². The highest BCUT2D eigenvalue weighted by Gasteiger charge is 2.04. The van der Waals surface area contributed by atoms with E-state index in [1.165, 1.54) is 38.5 Å².